The van der Waals surface area contributed by atoms with Crippen molar-refractivity contribution in [2.75, 3.05) is 18.1 Å². The predicted molar refractivity (Wildman–Crippen MR) is 75.2 cm³/mol. The van der Waals surface area contributed by atoms with Crippen LogP contribution in [0.4, 0.5) is 16.2 Å². The lowest BCUT2D eigenvalue weighted by molar-refractivity contribution is -0.0142. The molecule has 7 nitrogen and oxygen atoms in total. The normalized spacial score (nSPS) is 28.3. The van der Waals surface area contributed by atoms with E-state index in [4.69, 9.17) is 16.2 Å². The van der Waals surface area contributed by atoms with Gasteiger partial charge in [0, 0.05) is 5.41 Å². The van der Waals surface area contributed by atoms with Crippen LogP contribution in [-0.4, -0.2) is 38.6 Å². The molecule has 0 aliphatic carbocycles. The monoisotopic (exact) mass is 295 g/mol. The van der Waals surface area contributed by atoms with Crippen molar-refractivity contribution in [2.45, 2.75) is 32.2 Å². The Labute approximate surface area is 120 Å². The number of rotatable bonds is 2. The predicted octanol–water partition coefficient (Wildman–Crippen LogP) is 0.690. The lowest BCUT2D eigenvalue weighted by Gasteiger charge is -2.26. The molecule has 0 unspecified atom stereocenters. The molecule has 0 aromatic carbocycles. The summed E-state index contributed by atoms with van der Waals surface area (Å²) >= 11 is 0. The summed E-state index contributed by atoms with van der Waals surface area (Å²) in [4.78, 5) is 3.89. The Kier molecular flexibility index (Phi) is 3.03. The van der Waals surface area contributed by atoms with Gasteiger partial charge in [-0.3, -0.25) is 0 Å². The smallest absolute Gasteiger partial charge is 0.240 e. The number of ether oxygens (including phenoxy) is 1. The quantitative estimate of drug-likeness (QED) is 0.751. The Morgan fingerprint density at radius 3 is 2.76 bits per heavy atom. The van der Waals surface area contributed by atoms with Crippen LogP contribution in [0.3, 0.4) is 0 Å². The van der Waals surface area contributed by atoms with Crippen molar-refractivity contribution in [1.82, 2.24) is 14.6 Å². The van der Waals surface area contributed by atoms with Crippen LogP contribution in [0.15, 0.2) is 12.1 Å². The first kappa shape index (κ1) is 14.0. The van der Waals surface area contributed by atoms with E-state index < -0.39 is 23.8 Å². The van der Waals surface area contributed by atoms with Crippen LogP contribution in [0.5, 0.6) is 0 Å². The van der Waals surface area contributed by atoms with Gasteiger partial charge < -0.3 is 21.3 Å². The van der Waals surface area contributed by atoms with E-state index in [0.29, 0.717) is 11.2 Å². The third kappa shape index (κ3) is 1.94. The average Bonchev–Trinajstić information content (AvgIpc) is 2.91. The van der Waals surface area contributed by atoms with E-state index in [1.165, 1.54) is 4.52 Å². The highest BCUT2D eigenvalue weighted by Crippen LogP contribution is 2.49. The number of nitrogen functional groups attached to an aromatic ring is 2. The Hall–Kier alpha value is -1.93. The van der Waals surface area contributed by atoms with Crippen LogP contribution < -0.4 is 11.5 Å². The lowest BCUT2D eigenvalue weighted by Crippen LogP contribution is -2.31. The Morgan fingerprint density at radius 2 is 2.14 bits per heavy atom. The molecule has 5 N–H and O–H groups in total. The van der Waals surface area contributed by atoms with E-state index in [-0.39, 0.29) is 18.4 Å². The number of nitrogens with two attached hydrogens (primary N) is 2. The second-order valence-corrected chi connectivity index (χ2v) is 5.87. The largest absolute Gasteiger partial charge is 0.394 e. The molecule has 0 saturated carbocycles. The van der Waals surface area contributed by atoms with Gasteiger partial charge in [-0.1, -0.05) is 13.8 Å². The molecule has 8 heteroatoms. The van der Waals surface area contributed by atoms with Gasteiger partial charge in [0.25, 0.3) is 0 Å². The molecule has 1 fully saturated rings. The second-order valence-electron chi connectivity index (χ2n) is 5.87. The van der Waals surface area contributed by atoms with Gasteiger partial charge in [0.1, 0.15) is 23.9 Å². The fourth-order valence-corrected chi connectivity index (χ4v) is 2.88. The average molecular weight is 295 g/mol. The van der Waals surface area contributed by atoms with Gasteiger partial charge >= 0.3 is 0 Å². The molecule has 0 bridgehead atoms. The van der Waals surface area contributed by atoms with Crippen LogP contribution >= 0.6 is 0 Å². The standard InChI is InChI=1S/C13H18FN5O2/c1-13(2)9(14)8(5-20)21-10(13)6-3-4-7-11(15)17-12(16)18-19(6)7/h3-4,8-10,20H,5H2,1-2H3,(H4,15,16,17,18)/t8-,9-,10+/m1/s1. The van der Waals surface area contributed by atoms with Crippen molar-refractivity contribution in [3.63, 3.8) is 0 Å². The van der Waals surface area contributed by atoms with Crippen LogP contribution in [0.1, 0.15) is 25.6 Å². The number of anilines is 2. The molecule has 3 atom stereocenters. The molecule has 3 rings (SSSR count). The molecule has 114 valence electrons. The van der Waals surface area contributed by atoms with Gasteiger partial charge in [0.2, 0.25) is 5.95 Å². The van der Waals surface area contributed by atoms with Crippen molar-refractivity contribution >= 4 is 17.3 Å². The fourth-order valence-electron chi connectivity index (χ4n) is 2.88. The van der Waals surface area contributed by atoms with E-state index in [0.717, 1.165) is 0 Å². The molecule has 0 radical (unpaired) electrons. The minimum atomic E-state index is -1.28. The van der Waals surface area contributed by atoms with Crippen molar-refractivity contribution in [1.29, 1.82) is 0 Å². The molecule has 2 aromatic rings. The van der Waals surface area contributed by atoms with Crippen LogP contribution in [-0.2, 0) is 4.74 Å². The summed E-state index contributed by atoms with van der Waals surface area (Å²) in [6, 6.07) is 3.50. The first-order valence-electron chi connectivity index (χ1n) is 6.67. The van der Waals surface area contributed by atoms with Gasteiger partial charge in [0.15, 0.2) is 5.82 Å². The molecule has 1 aliphatic rings. The second kappa shape index (κ2) is 4.54. The van der Waals surface area contributed by atoms with Gasteiger partial charge in [-0.25, -0.2) is 8.91 Å². The summed E-state index contributed by atoms with van der Waals surface area (Å²) in [6.07, 6.45) is -2.71. The zero-order chi connectivity index (χ0) is 15.4. The van der Waals surface area contributed by atoms with Crippen molar-refractivity contribution in [2.24, 2.45) is 5.41 Å². The number of aromatic nitrogens is 3. The number of hydrogen-bond acceptors (Lipinski definition) is 6. The topological polar surface area (TPSA) is 112 Å². The zero-order valence-corrected chi connectivity index (χ0v) is 11.8. The van der Waals surface area contributed by atoms with E-state index in [9.17, 15) is 9.50 Å². The number of hydrogen-bond donors (Lipinski definition) is 3. The number of fused-ring (bicyclic) bond motifs is 1. The van der Waals surface area contributed by atoms with Gasteiger partial charge in [-0.2, -0.15) is 4.98 Å². The summed E-state index contributed by atoms with van der Waals surface area (Å²) in [5.74, 6) is 0.281. The Balaban J connectivity index is 2.13. The Morgan fingerprint density at radius 1 is 1.43 bits per heavy atom. The lowest BCUT2D eigenvalue weighted by atomic mass is 9.81. The van der Waals surface area contributed by atoms with Gasteiger partial charge in [-0.15, -0.1) is 5.10 Å². The summed E-state index contributed by atoms with van der Waals surface area (Å²) in [5, 5.41) is 13.4. The number of alkyl halides is 1. The minimum absolute atomic E-state index is 0.0313. The maximum absolute atomic E-state index is 14.4. The van der Waals surface area contributed by atoms with E-state index in [2.05, 4.69) is 10.1 Å². The number of halogens is 1. The summed E-state index contributed by atoms with van der Waals surface area (Å²) in [7, 11) is 0. The molecule has 21 heavy (non-hydrogen) atoms. The third-order valence-corrected chi connectivity index (χ3v) is 4.06. The van der Waals surface area contributed by atoms with E-state index in [1.54, 1.807) is 26.0 Å². The SMILES string of the molecule is CC1(C)[C@H](F)[C@@H](CO)O[C@H]1c1ccc2c(N)nc(N)nn12. The minimum Gasteiger partial charge on any atom is -0.394 e. The van der Waals surface area contributed by atoms with Crippen molar-refractivity contribution < 1.29 is 14.2 Å². The highest BCUT2D eigenvalue weighted by molar-refractivity contribution is 5.66. The van der Waals surface area contributed by atoms with Gasteiger partial charge in [-0.05, 0) is 12.1 Å². The zero-order valence-electron chi connectivity index (χ0n) is 11.8. The van der Waals surface area contributed by atoms with Crippen molar-refractivity contribution in [3.8, 4) is 0 Å². The number of aliphatic hydroxyl groups excluding tert-OH is 1. The molecule has 3 heterocycles. The number of aliphatic hydroxyl groups is 1. The van der Waals surface area contributed by atoms with Crippen molar-refractivity contribution in [3.05, 3.63) is 17.8 Å². The maximum atomic E-state index is 14.4. The summed E-state index contributed by atoms with van der Waals surface area (Å²) < 4.78 is 21.6. The maximum Gasteiger partial charge on any atom is 0.240 e. The Bertz CT molecular complexity index is 686. The van der Waals surface area contributed by atoms with Crippen LogP contribution in [0.25, 0.3) is 5.52 Å². The first-order chi connectivity index (χ1) is 9.86. The molecule has 0 spiro atoms. The fraction of sp³-hybridized carbons (Fsp3) is 0.538. The molecule has 0 amide bonds. The third-order valence-electron chi connectivity index (χ3n) is 4.06. The molecule has 2 aromatic heterocycles. The first-order valence-corrected chi connectivity index (χ1v) is 6.67. The van der Waals surface area contributed by atoms with E-state index >= 15 is 0 Å². The summed E-state index contributed by atoms with van der Waals surface area (Å²) in [5.41, 5.74) is 11.8. The highest BCUT2D eigenvalue weighted by Gasteiger charge is 2.52. The van der Waals surface area contributed by atoms with Gasteiger partial charge in [0.05, 0.1) is 12.3 Å². The molecular weight excluding hydrogens is 277 g/mol. The highest BCUT2D eigenvalue weighted by atomic mass is 19.1. The van der Waals surface area contributed by atoms with E-state index in [1.807, 2.05) is 0 Å². The molecular formula is C13H18FN5O2. The number of nitrogens with zero attached hydrogens (tertiary/aromatic N) is 3. The van der Waals surface area contributed by atoms with Crippen LogP contribution in [0, 0.1) is 5.41 Å². The van der Waals surface area contributed by atoms with Crippen LogP contribution in [0.2, 0.25) is 0 Å². The molecule has 1 aliphatic heterocycles. The molecule has 1 saturated heterocycles. The summed E-state index contributed by atoms with van der Waals surface area (Å²) in [6.45, 7) is 3.14.